The summed E-state index contributed by atoms with van der Waals surface area (Å²) in [5.41, 5.74) is 2.35. The van der Waals surface area contributed by atoms with Crippen molar-refractivity contribution in [3.05, 3.63) is 29.6 Å². The van der Waals surface area contributed by atoms with Crippen LogP contribution in [0, 0.1) is 5.92 Å². The molecule has 1 aliphatic heterocycles. The molecule has 6 heteroatoms. The summed E-state index contributed by atoms with van der Waals surface area (Å²) in [5, 5.41) is 1.98. The first-order valence-electron chi connectivity index (χ1n) is 9.21. The third kappa shape index (κ3) is 5.28. The van der Waals surface area contributed by atoms with Crippen molar-refractivity contribution in [3.63, 3.8) is 0 Å². The van der Waals surface area contributed by atoms with Gasteiger partial charge in [0, 0.05) is 18.3 Å². The van der Waals surface area contributed by atoms with E-state index in [1.54, 1.807) is 0 Å². The van der Waals surface area contributed by atoms with Gasteiger partial charge in [-0.3, -0.25) is 19.9 Å². The van der Waals surface area contributed by atoms with Gasteiger partial charge in [-0.15, -0.1) is 0 Å². The van der Waals surface area contributed by atoms with Crippen molar-refractivity contribution < 1.29 is 14.3 Å². The Morgan fingerprint density at radius 1 is 1.24 bits per heavy atom. The minimum absolute atomic E-state index is 0.116. The van der Waals surface area contributed by atoms with Gasteiger partial charge in [0.2, 0.25) is 5.91 Å². The minimum Gasteiger partial charge on any atom is -0.378 e. The van der Waals surface area contributed by atoms with Crippen LogP contribution >= 0.6 is 11.8 Å². The molecule has 1 saturated heterocycles. The fourth-order valence-electron chi connectivity index (χ4n) is 3.53. The van der Waals surface area contributed by atoms with Gasteiger partial charge in [0.05, 0.1) is 18.0 Å². The molecule has 0 spiro atoms. The maximum Gasteiger partial charge on any atom is 0.286 e. The predicted octanol–water partition coefficient (Wildman–Crippen LogP) is 3.50. The van der Waals surface area contributed by atoms with E-state index >= 15 is 0 Å². The standard InChI is InChI=1S/C19H26N2O3S/c1-2-13-3-6-15(20-12-13)9-10-24-16-7-4-14(5-8-16)11-17-18(22)21-19(23)25-17/h3,6,12,14,16-17H,2,4-5,7-11H2,1H3,(H,21,22,23). The summed E-state index contributed by atoms with van der Waals surface area (Å²) in [6.07, 6.45) is 9.18. The number of hydrogen-bond donors (Lipinski definition) is 1. The van der Waals surface area contributed by atoms with E-state index in [1.807, 2.05) is 6.20 Å². The van der Waals surface area contributed by atoms with Gasteiger partial charge < -0.3 is 4.74 Å². The van der Waals surface area contributed by atoms with Crippen molar-refractivity contribution in [2.45, 2.75) is 63.2 Å². The quantitative estimate of drug-likeness (QED) is 0.804. The SMILES string of the molecule is CCc1ccc(CCOC2CCC(CC3SC(=O)NC3=O)CC2)nc1. The van der Waals surface area contributed by atoms with E-state index in [0.717, 1.165) is 62.4 Å². The molecule has 0 radical (unpaired) electrons. The molecule has 0 aromatic carbocycles. The maximum absolute atomic E-state index is 11.7. The molecule has 2 aliphatic rings. The lowest BCUT2D eigenvalue weighted by atomic mass is 9.84. The van der Waals surface area contributed by atoms with Gasteiger partial charge in [0.1, 0.15) is 0 Å². The first-order chi connectivity index (χ1) is 12.1. The van der Waals surface area contributed by atoms with Crippen LogP contribution in [0.3, 0.4) is 0 Å². The fraction of sp³-hybridized carbons (Fsp3) is 0.632. The highest BCUT2D eigenvalue weighted by Gasteiger charge is 2.34. The van der Waals surface area contributed by atoms with Crippen LogP contribution in [0.15, 0.2) is 18.3 Å². The Labute approximate surface area is 153 Å². The smallest absolute Gasteiger partial charge is 0.286 e. The molecular weight excluding hydrogens is 336 g/mol. The van der Waals surface area contributed by atoms with Gasteiger partial charge in [0.25, 0.3) is 5.24 Å². The molecule has 25 heavy (non-hydrogen) atoms. The van der Waals surface area contributed by atoms with E-state index in [9.17, 15) is 9.59 Å². The highest BCUT2D eigenvalue weighted by atomic mass is 32.2. The highest BCUT2D eigenvalue weighted by molar-refractivity contribution is 8.15. The lowest BCUT2D eigenvalue weighted by Gasteiger charge is -2.29. The molecule has 3 rings (SSSR count). The van der Waals surface area contributed by atoms with E-state index in [-0.39, 0.29) is 16.4 Å². The number of amides is 2. The lowest BCUT2D eigenvalue weighted by molar-refractivity contribution is -0.119. The Hall–Kier alpha value is -1.40. The van der Waals surface area contributed by atoms with Crippen molar-refractivity contribution in [2.24, 2.45) is 5.92 Å². The monoisotopic (exact) mass is 362 g/mol. The van der Waals surface area contributed by atoms with E-state index in [4.69, 9.17) is 4.74 Å². The number of nitrogens with zero attached hydrogens (tertiary/aromatic N) is 1. The number of nitrogens with one attached hydrogen (secondary N) is 1. The zero-order chi connectivity index (χ0) is 17.6. The Balaban J connectivity index is 1.33. The zero-order valence-electron chi connectivity index (χ0n) is 14.7. The molecule has 1 atom stereocenters. The molecule has 1 aromatic rings. The van der Waals surface area contributed by atoms with Crippen LogP contribution in [0.5, 0.6) is 0 Å². The number of aryl methyl sites for hydroxylation is 1. The molecule has 1 saturated carbocycles. The summed E-state index contributed by atoms with van der Waals surface area (Å²) in [7, 11) is 0. The summed E-state index contributed by atoms with van der Waals surface area (Å²) in [4.78, 5) is 27.4. The van der Waals surface area contributed by atoms with Gasteiger partial charge in [-0.25, -0.2) is 0 Å². The Morgan fingerprint density at radius 2 is 2.04 bits per heavy atom. The first-order valence-corrected chi connectivity index (χ1v) is 10.1. The van der Waals surface area contributed by atoms with E-state index < -0.39 is 0 Å². The second-order valence-electron chi connectivity index (χ2n) is 6.89. The molecule has 136 valence electrons. The second kappa shape index (κ2) is 8.81. The third-order valence-electron chi connectivity index (χ3n) is 5.11. The van der Waals surface area contributed by atoms with Crippen LogP contribution in [0.4, 0.5) is 4.79 Å². The van der Waals surface area contributed by atoms with Gasteiger partial charge in [-0.2, -0.15) is 0 Å². The summed E-state index contributed by atoms with van der Waals surface area (Å²) in [6.45, 7) is 2.84. The van der Waals surface area contributed by atoms with E-state index in [0.29, 0.717) is 18.6 Å². The summed E-state index contributed by atoms with van der Waals surface area (Å²) < 4.78 is 6.02. The van der Waals surface area contributed by atoms with Gasteiger partial charge in [0.15, 0.2) is 0 Å². The number of aromatic nitrogens is 1. The molecule has 0 bridgehead atoms. The zero-order valence-corrected chi connectivity index (χ0v) is 15.5. The lowest BCUT2D eigenvalue weighted by Crippen LogP contribution is -2.28. The highest BCUT2D eigenvalue weighted by Crippen LogP contribution is 2.34. The number of thioether (sulfide) groups is 1. The van der Waals surface area contributed by atoms with Crippen LogP contribution in [-0.2, 0) is 22.4 Å². The van der Waals surface area contributed by atoms with Crippen LogP contribution < -0.4 is 5.32 Å². The van der Waals surface area contributed by atoms with Crippen molar-refractivity contribution in [1.29, 1.82) is 0 Å². The van der Waals surface area contributed by atoms with Gasteiger partial charge >= 0.3 is 0 Å². The Kier molecular flexibility index (Phi) is 6.48. The largest absolute Gasteiger partial charge is 0.378 e. The number of rotatable bonds is 7. The fourth-order valence-corrected chi connectivity index (χ4v) is 4.48. The molecule has 2 fully saturated rings. The van der Waals surface area contributed by atoms with Crippen LogP contribution in [-0.4, -0.2) is 34.1 Å². The van der Waals surface area contributed by atoms with E-state index in [1.165, 1.54) is 5.56 Å². The Bertz CT molecular complexity index is 597. The maximum atomic E-state index is 11.7. The average Bonchev–Trinajstić information content (AvgIpc) is 2.94. The number of pyridine rings is 1. The molecule has 1 unspecified atom stereocenters. The number of carbonyl (C=O) groups is 2. The van der Waals surface area contributed by atoms with Crippen LogP contribution in [0.1, 0.15) is 50.3 Å². The topological polar surface area (TPSA) is 68.3 Å². The van der Waals surface area contributed by atoms with Crippen LogP contribution in [0.25, 0.3) is 0 Å². The molecule has 5 nitrogen and oxygen atoms in total. The summed E-state index contributed by atoms with van der Waals surface area (Å²) in [6, 6.07) is 4.22. The number of imide groups is 1. The summed E-state index contributed by atoms with van der Waals surface area (Å²) in [5.74, 6) is 0.409. The minimum atomic E-state index is -0.201. The molecule has 1 N–H and O–H groups in total. The average molecular weight is 362 g/mol. The first kappa shape index (κ1) is 18.4. The number of ether oxygens (including phenoxy) is 1. The molecule has 2 amide bonds. The number of hydrogen-bond acceptors (Lipinski definition) is 5. The van der Waals surface area contributed by atoms with Crippen molar-refractivity contribution in [1.82, 2.24) is 10.3 Å². The normalized spacial score (nSPS) is 26.7. The van der Waals surface area contributed by atoms with Crippen molar-refractivity contribution >= 4 is 22.9 Å². The van der Waals surface area contributed by atoms with Gasteiger partial charge in [-0.05, 0) is 56.1 Å². The molecule has 1 aliphatic carbocycles. The summed E-state index contributed by atoms with van der Waals surface area (Å²) >= 11 is 1.14. The molecule has 2 heterocycles. The van der Waals surface area contributed by atoms with Crippen molar-refractivity contribution in [2.75, 3.05) is 6.61 Å². The Morgan fingerprint density at radius 3 is 2.64 bits per heavy atom. The molecular formula is C19H26N2O3S. The number of carbonyl (C=O) groups excluding carboxylic acids is 2. The molecule has 1 aromatic heterocycles. The van der Waals surface area contributed by atoms with Gasteiger partial charge in [-0.1, -0.05) is 24.8 Å². The van der Waals surface area contributed by atoms with Crippen LogP contribution in [0.2, 0.25) is 0 Å². The second-order valence-corrected chi connectivity index (χ2v) is 8.07. The van der Waals surface area contributed by atoms with E-state index in [2.05, 4.69) is 29.4 Å². The predicted molar refractivity (Wildman–Crippen MR) is 98.6 cm³/mol. The third-order valence-corrected chi connectivity index (χ3v) is 6.12. The van der Waals surface area contributed by atoms with Crippen molar-refractivity contribution in [3.8, 4) is 0 Å².